The first kappa shape index (κ1) is 12.0. The van der Waals surface area contributed by atoms with Crippen molar-refractivity contribution in [2.75, 3.05) is 5.32 Å². The first-order chi connectivity index (χ1) is 10.3. The summed E-state index contributed by atoms with van der Waals surface area (Å²) in [6.07, 6.45) is 3.72. The molecule has 1 amide bonds. The van der Waals surface area contributed by atoms with E-state index in [1.807, 2.05) is 19.1 Å². The van der Waals surface area contributed by atoms with Crippen molar-refractivity contribution in [3.8, 4) is 11.5 Å². The van der Waals surface area contributed by atoms with Gasteiger partial charge in [0.15, 0.2) is 5.82 Å². The van der Waals surface area contributed by atoms with Gasteiger partial charge in [-0.2, -0.15) is 5.10 Å². The number of hydrogen-bond acceptors (Lipinski definition) is 5. The quantitative estimate of drug-likeness (QED) is 0.746. The highest BCUT2D eigenvalue weighted by atomic mass is 16.2. The van der Waals surface area contributed by atoms with Crippen molar-refractivity contribution in [1.29, 1.82) is 0 Å². The highest BCUT2D eigenvalue weighted by molar-refractivity contribution is 6.05. The van der Waals surface area contributed by atoms with Crippen molar-refractivity contribution in [3.05, 3.63) is 30.2 Å². The summed E-state index contributed by atoms with van der Waals surface area (Å²) < 4.78 is 0. The van der Waals surface area contributed by atoms with Crippen LogP contribution < -0.4 is 5.32 Å². The molecule has 1 aliphatic heterocycles. The third kappa shape index (κ3) is 1.78. The van der Waals surface area contributed by atoms with Gasteiger partial charge in [-0.1, -0.05) is 6.92 Å². The molecule has 0 fully saturated rings. The number of hydrogen-bond donors (Lipinski definition) is 2. The van der Waals surface area contributed by atoms with Crippen LogP contribution in [0.15, 0.2) is 24.7 Å². The van der Waals surface area contributed by atoms with Crippen LogP contribution >= 0.6 is 0 Å². The number of aromatic amines is 1. The summed E-state index contributed by atoms with van der Waals surface area (Å²) >= 11 is 0. The molecule has 7 heteroatoms. The molecule has 0 saturated heterocycles. The van der Waals surface area contributed by atoms with Gasteiger partial charge in [-0.05, 0) is 24.1 Å². The minimum Gasteiger partial charge on any atom is -0.337 e. The van der Waals surface area contributed by atoms with Gasteiger partial charge in [-0.15, -0.1) is 5.10 Å². The zero-order chi connectivity index (χ0) is 14.4. The number of fused-ring (bicyclic) bond motifs is 2. The molecular weight excluding hydrogens is 268 g/mol. The minimum absolute atomic E-state index is 0.0559. The van der Waals surface area contributed by atoms with Crippen LogP contribution in [0.2, 0.25) is 0 Å². The Bertz CT molecular complexity index is 841. The van der Waals surface area contributed by atoms with Crippen LogP contribution in [0.3, 0.4) is 0 Å². The van der Waals surface area contributed by atoms with Gasteiger partial charge in [0.05, 0.1) is 23.1 Å². The summed E-state index contributed by atoms with van der Waals surface area (Å²) in [5.41, 5.74) is 4.18. The molecule has 0 saturated carbocycles. The topological polar surface area (TPSA) is 96.5 Å². The number of carbonyl (C=O) groups excluding carboxylic acids is 1. The Balaban J connectivity index is 1.86. The van der Waals surface area contributed by atoms with Gasteiger partial charge in [0.1, 0.15) is 12.0 Å². The Kier molecular flexibility index (Phi) is 2.47. The van der Waals surface area contributed by atoms with E-state index in [2.05, 4.69) is 30.5 Å². The number of rotatable bonds is 2. The average molecular weight is 280 g/mol. The number of anilines is 1. The second kappa shape index (κ2) is 4.34. The standard InChI is InChI=1S/C14H12N6O/c1-2-7-8-3-10-11(4-9(8)20-14(7)21)19-13(18-10)12-5-16-17-6-15-12/h3-7H,2H2,1H3,(H,18,19)(H,20,21). The van der Waals surface area contributed by atoms with Crippen molar-refractivity contribution in [2.24, 2.45) is 0 Å². The van der Waals surface area contributed by atoms with Crippen LogP contribution in [-0.2, 0) is 4.79 Å². The molecular formula is C14H12N6O. The predicted molar refractivity (Wildman–Crippen MR) is 76.6 cm³/mol. The number of imidazole rings is 1. The Labute approximate surface area is 119 Å². The summed E-state index contributed by atoms with van der Waals surface area (Å²) in [7, 11) is 0. The molecule has 1 unspecified atom stereocenters. The molecule has 0 spiro atoms. The maximum Gasteiger partial charge on any atom is 0.231 e. The normalized spacial score (nSPS) is 17.0. The number of carbonyl (C=O) groups is 1. The molecule has 0 radical (unpaired) electrons. The van der Waals surface area contributed by atoms with E-state index in [-0.39, 0.29) is 11.8 Å². The highest BCUT2D eigenvalue weighted by Crippen LogP contribution is 2.37. The summed E-state index contributed by atoms with van der Waals surface area (Å²) in [4.78, 5) is 23.7. The van der Waals surface area contributed by atoms with Crippen LogP contribution in [0.5, 0.6) is 0 Å². The number of benzene rings is 1. The molecule has 1 aromatic carbocycles. The van der Waals surface area contributed by atoms with Crippen LogP contribution in [0.4, 0.5) is 5.69 Å². The third-order valence-electron chi connectivity index (χ3n) is 3.75. The van der Waals surface area contributed by atoms with E-state index in [0.717, 1.165) is 28.7 Å². The number of amides is 1. The summed E-state index contributed by atoms with van der Waals surface area (Å²) in [5.74, 6) is 0.611. The smallest absolute Gasteiger partial charge is 0.231 e. The fourth-order valence-corrected chi connectivity index (χ4v) is 2.72. The molecule has 1 aliphatic rings. The maximum atomic E-state index is 11.9. The molecule has 1 atom stereocenters. The lowest BCUT2D eigenvalue weighted by Gasteiger charge is -2.03. The van der Waals surface area contributed by atoms with Gasteiger partial charge in [-0.25, -0.2) is 9.97 Å². The van der Waals surface area contributed by atoms with Crippen molar-refractivity contribution >= 4 is 22.6 Å². The van der Waals surface area contributed by atoms with E-state index in [4.69, 9.17) is 0 Å². The molecule has 2 aromatic heterocycles. The molecule has 21 heavy (non-hydrogen) atoms. The number of aromatic nitrogens is 5. The minimum atomic E-state index is -0.0862. The van der Waals surface area contributed by atoms with Gasteiger partial charge in [-0.3, -0.25) is 4.79 Å². The van der Waals surface area contributed by atoms with Crippen molar-refractivity contribution < 1.29 is 4.79 Å². The lowest BCUT2D eigenvalue weighted by Crippen LogP contribution is -2.10. The first-order valence-corrected chi connectivity index (χ1v) is 6.74. The Morgan fingerprint density at radius 3 is 2.95 bits per heavy atom. The largest absolute Gasteiger partial charge is 0.337 e. The third-order valence-corrected chi connectivity index (χ3v) is 3.75. The number of H-pyrrole nitrogens is 1. The highest BCUT2D eigenvalue weighted by Gasteiger charge is 2.29. The van der Waals surface area contributed by atoms with Crippen LogP contribution in [0, 0.1) is 0 Å². The lowest BCUT2D eigenvalue weighted by atomic mass is 9.98. The van der Waals surface area contributed by atoms with E-state index in [0.29, 0.717) is 11.5 Å². The lowest BCUT2D eigenvalue weighted by molar-refractivity contribution is -0.117. The van der Waals surface area contributed by atoms with E-state index in [1.54, 1.807) is 6.20 Å². The Hall–Kier alpha value is -2.83. The first-order valence-electron chi connectivity index (χ1n) is 6.74. The molecule has 4 rings (SSSR count). The van der Waals surface area contributed by atoms with Crippen LogP contribution in [0.25, 0.3) is 22.6 Å². The molecule has 0 bridgehead atoms. The van der Waals surface area contributed by atoms with Gasteiger partial charge in [0.2, 0.25) is 5.91 Å². The fourth-order valence-electron chi connectivity index (χ4n) is 2.72. The zero-order valence-electron chi connectivity index (χ0n) is 11.3. The maximum absolute atomic E-state index is 11.9. The predicted octanol–water partition coefficient (Wildman–Crippen LogP) is 1.86. The van der Waals surface area contributed by atoms with E-state index >= 15 is 0 Å². The van der Waals surface area contributed by atoms with Crippen molar-refractivity contribution in [1.82, 2.24) is 25.1 Å². The molecule has 3 heterocycles. The van der Waals surface area contributed by atoms with Gasteiger partial charge in [0, 0.05) is 5.69 Å². The summed E-state index contributed by atoms with van der Waals surface area (Å²) in [5, 5.41) is 10.4. The van der Waals surface area contributed by atoms with E-state index < -0.39 is 0 Å². The number of nitrogens with zero attached hydrogens (tertiary/aromatic N) is 4. The van der Waals surface area contributed by atoms with Crippen LogP contribution in [-0.4, -0.2) is 31.1 Å². The Morgan fingerprint density at radius 1 is 1.29 bits per heavy atom. The summed E-state index contributed by atoms with van der Waals surface area (Å²) in [6.45, 7) is 2.01. The molecule has 2 N–H and O–H groups in total. The van der Waals surface area contributed by atoms with E-state index in [1.165, 1.54) is 6.33 Å². The van der Waals surface area contributed by atoms with Crippen molar-refractivity contribution in [3.63, 3.8) is 0 Å². The van der Waals surface area contributed by atoms with Crippen LogP contribution in [0.1, 0.15) is 24.8 Å². The SMILES string of the molecule is CCC1C(=O)Nc2cc3nc(-c4cnncn4)[nH]c3cc21. The van der Waals surface area contributed by atoms with Gasteiger partial charge < -0.3 is 10.3 Å². The van der Waals surface area contributed by atoms with E-state index in [9.17, 15) is 4.79 Å². The summed E-state index contributed by atoms with van der Waals surface area (Å²) in [6, 6.07) is 3.88. The second-order valence-corrected chi connectivity index (χ2v) is 4.98. The van der Waals surface area contributed by atoms with Gasteiger partial charge >= 0.3 is 0 Å². The molecule has 0 aliphatic carbocycles. The Morgan fingerprint density at radius 2 is 2.19 bits per heavy atom. The molecule has 104 valence electrons. The zero-order valence-corrected chi connectivity index (χ0v) is 11.3. The average Bonchev–Trinajstić information content (AvgIpc) is 3.04. The monoisotopic (exact) mass is 280 g/mol. The fraction of sp³-hybridized carbons (Fsp3) is 0.214. The van der Waals surface area contributed by atoms with Crippen molar-refractivity contribution in [2.45, 2.75) is 19.3 Å². The van der Waals surface area contributed by atoms with Gasteiger partial charge in [0.25, 0.3) is 0 Å². The second-order valence-electron chi connectivity index (χ2n) is 4.98. The number of nitrogens with one attached hydrogen (secondary N) is 2. The molecule has 3 aromatic rings. The molecule has 7 nitrogen and oxygen atoms in total.